The molecule has 3 unspecified atom stereocenters. The Bertz CT molecular complexity index is 718. The number of fused-ring (bicyclic) bond motifs is 3. The number of carbonyl (C=O) groups is 1. The van der Waals surface area contributed by atoms with Gasteiger partial charge in [-0.2, -0.15) is 0 Å². The lowest BCUT2D eigenvalue weighted by Gasteiger charge is -2.34. The van der Waals surface area contributed by atoms with Crippen LogP contribution >= 0.6 is 11.8 Å². The maximum Gasteiger partial charge on any atom is 0.231 e. The van der Waals surface area contributed by atoms with Gasteiger partial charge in [-0.15, -0.1) is 11.8 Å². The quantitative estimate of drug-likeness (QED) is 0.829. The van der Waals surface area contributed by atoms with Gasteiger partial charge in [-0.3, -0.25) is 10.1 Å². The number of allylic oxidation sites excluding steroid dienone is 1. The molecule has 3 heterocycles. The van der Waals surface area contributed by atoms with Gasteiger partial charge in [0.15, 0.2) is 11.5 Å². The molecule has 1 aliphatic carbocycles. The van der Waals surface area contributed by atoms with Crippen molar-refractivity contribution in [2.24, 2.45) is 5.92 Å². The molecule has 1 fully saturated rings. The zero-order valence-corrected chi connectivity index (χ0v) is 13.4. The lowest BCUT2D eigenvalue weighted by atomic mass is 9.87. The Morgan fingerprint density at radius 2 is 2.00 bits per heavy atom. The fourth-order valence-corrected chi connectivity index (χ4v) is 5.48. The second-order valence-electron chi connectivity index (χ2n) is 6.39. The van der Waals surface area contributed by atoms with Gasteiger partial charge in [-0.1, -0.05) is 6.07 Å². The van der Waals surface area contributed by atoms with Crippen LogP contribution in [0.4, 0.5) is 0 Å². The maximum absolute atomic E-state index is 12.7. The van der Waals surface area contributed by atoms with Crippen LogP contribution in [0, 0.1) is 5.92 Å². The van der Waals surface area contributed by atoms with Gasteiger partial charge in [0.1, 0.15) is 6.17 Å². The summed E-state index contributed by atoms with van der Waals surface area (Å²) in [6.45, 7) is 0.264. The van der Waals surface area contributed by atoms with Crippen LogP contribution in [0.1, 0.15) is 37.4 Å². The van der Waals surface area contributed by atoms with Crippen molar-refractivity contribution < 1.29 is 14.3 Å². The average molecular weight is 330 g/mol. The van der Waals surface area contributed by atoms with Crippen LogP contribution in [-0.4, -0.2) is 18.1 Å². The average Bonchev–Trinajstić information content (AvgIpc) is 3.17. The minimum absolute atomic E-state index is 0.000519. The summed E-state index contributed by atoms with van der Waals surface area (Å²) >= 11 is 1.86. The molecule has 120 valence electrons. The molecular formula is C17H18N2O3S. The highest BCUT2D eigenvalue weighted by Gasteiger charge is 2.45. The molecule has 3 aliphatic heterocycles. The molecule has 1 amide bonds. The van der Waals surface area contributed by atoms with Crippen LogP contribution in [0.3, 0.4) is 0 Å². The predicted octanol–water partition coefficient (Wildman–Crippen LogP) is 2.65. The Hall–Kier alpha value is -1.66. The van der Waals surface area contributed by atoms with E-state index in [1.165, 1.54) is 23.3 Å². The molecule has 23 heavy (non-hydrogen) atoms. The maximum atomic E-state index is 12.7. The first kappa shape index (κ1) is 13.7. The summed E-state index contributed by atoms with van der Waals surface area (Å²) in [6, 6.07) is 5.84. The van der Waals surface area contributed by atoms with Crippen molar-refractivity contribution in [3.05, 3.63) is 34.2 Å². The van der Waals surface area contributed by atoms with E-state index < -0.39 is 0 Å². The van der Waals surface area contributed by atoms with Gasteiger partial charge < -0.3 is 14.8 Å². The van der Waals surface area contributed by atoms with Crippen LogP contribution in [0.15, 0.2) is 28.7 Å². The van der Waals surface area contributed by atoms with Crippen molar-refractivity contribution in [1.82, 2.24) is 10.6 Å². The van der Waals surface area contributed by atoms with Gasteiger partial charge in [-0.25, -0.2) is 0 Å². The second kappa shape index (κ2) is 5.18. The minimum atomic E-state index is -0.174. The smallest absolute Gasteiger partial charge is 0.231 e. The molecule has 5 nitrogen and oxygen atoms in total. The zero-order chi connectivity index (χ0) is 15.4. The second-order valence-corrected chi connectivity index (χ2v) is 7.63. The van der Waals surface area contributed by atoms with Crippen molar-refractivity contribution in [2.45, 2.75) is 37.2 Å². The molecule has 0 radical (unpaired) electrons. The number of nitrogens with one attached hydrogen (secondary N) is 2. The number of benzene rings is 1. The van der Waals surface area contributed by atoms with Crippen molar-refractivity contribution in [1.29, 1.82) is 0 Å². The van der Waals surface area contributed by atoms with Crippen LogP contribution in [0.5, 0.6) is 11.5 Å². The van der Waals surface area contributed by atoms with Crippen LogP contribution in [0.25, 0.3) is 0 Å². The molecule has 1 aromatic rings. The number of thioether (sulfide) groups is 1. The molecular weight excluding hydrogens is 312 g/mol. The SMILES string of the molecule is O=C1NC(c2ccc3c(c2)OCO3)NC2SC3=C(CCCC3)C12. The monoisotopic (exact) mass is 330 g/mol. The molecule has 3 atom stereocenters. The van der Waals surface area contributed by atoms with E-state index in [1.54, 1.807) is 0 Å². The first-order chi connectivity index (χ1) is 11.3. The highest BCUT2D eigenvalue weighted by atomic mass is 32.2. The van der Waals surface area contributed by atoms with Crippen molar-refractivity contribution in [2.75, 3.05) is 6.79 Å². The summed E-state index contributed by atoms with van der Waals surface area (Å²) in [4.78, 5) is 14.1. The van der Waals surface area contributed by atoms with Crippen LogP contribution in [0.2, 0.25) is 0 Å². The fraction of sp³-hybridized carbons (Fsp3) is 0.471. The van der Waals surface area contributed by atoms with E-state index in [1.807, 2.05) is 30.0 Å². The molecule has 1 saturated heterocycles. The first-order valence-electron chi connectivity index (χ1n) is 8.14. The molecule has 5 rings (SSSR count). The highest BCUT2D eigenvalue weighted by molar-refractivity contribution is 8.04. The molecule has 6 heteroatoms. The van der Waals surface area contributed by atoms with Gasteiger partial charge in [0.2, 0.25) is 12.7 Å². The largest absolute Gasteiger partial charge is 0.454 e. The van der Waals surface area contributed by atoms with Gasteiger partial charge >= 0.3 is 0 Å². The van der Waals surface area contributed by atoms with Crippen molar-refractivity contribution in [3.63, 3.8) is 0 Å². The molecule has 0 aromatic heterocycles. The van der Waals surface area contributed by atoms with Crippen molar-refractivity contribution >= 4 is 17.7 Å². The summed E-state index contributed by atoms with van der Waals surface area (Å²) in [6.07, 6.45) is 4.50. The molecule has 1 aromatic carbocycles. The summed E-state index contributed by atoms with van der Waals surface area (Å²) in [7, 11) is 0. The molecule has 2 N–H and O–H groups in total. The third-order valence-electron chi connectivity index (χ3n) is 5.04. The Balaban J connectivity index is 1.41. The summed E-state index contributed by atoms with van der Waals surface area (Å²) in [5, 5.41) is 6.89. The lowest BCUT2D eigenvalue weighted by Crippen LogP contribution is -2.54. The summed E-state index contributed by atoms with van der Waals surface area (Å²) < 4.78 is 10.8. The lowest BCUT2D eigenvalue weighted by molar-refractivity contribution is -0.127. The van der Waals surface area contributed by atoms with Crippen molar-refractivity contribution in [3.8, 4) is 11.5 Å². The number of rotatable bonds is 1. The molecule has 0 spiro atoms. The number of ether oxygens (including phenoxy) is 2. The summed E-state index contributed by atoms with van der Waals surface area (Å²) in [5.74, 6) is 1.66. The topological polar surface area (TPSA) is 59.6 Å². The molecule has 0 bridgehead atoms. The Labute approximate surface area is 138 Å². The van der Waals surface area contributed by atoms with E-state index in [4.69, 9.17) is 9.47 Å². The van der Waals surface area contributed by atoms with Crippen LogP contribution < -0.4 is 20.1 Å². The van der Waals surface area contributed by atoms with E-state index >= 15 is 0 Å². The van der Waals surface area contributed by atoms with Gasteiger partial charge in [-0.05, 0) is 53.9 Å². The Morgan fingerprint density at radius 3 is 2.96 bits per heavy atom. The van der Waals surface area contributed by atoms with Gasteiger partial charge in [0.05, 0.1) is 11.3 Å². The van der Waals surface area contributed by atoms with E-state index in [2.05, 4.69) is 10.6 Å². The Morgan fingerprint density at radius 1 is 1.13 bits per heavy atom. The van der Waals surface area contributed by atoms with E-state index in [0.717, 1.165) is 29.9 Å². The van der Waals surface area contributed by atoms with E-state index in [9.17, 15) is 4.79 Å². The van der Waals surface area contributed by atoms with Gasteiger partial charge in [0.25, 0.3) is 0 Å². The molecule has 0 saturated carbocycles. The third kappa shape index (κ3) is 2.16. The number of amides is 1. The van der Waals surface area contributed by atoms with Gasteiger partial charge in [0, 0.05) is 0 Å². The fourth-order valence-electron chi connectivity index (χ4n) is 3.90. The Kier molecular flexibility index (Phi) is 3.09. The number of carbonyl (C=O) groups excluding carboxylic acids is 1. The summed E-state index contributed by atoms with van der Waals surface area (Å²) in [5.41, 5.74) is 2.38. The first-order valence-corrected chi connectivity index (χ1v) is 9.02. The van der Waals surface area contributed by atoms with Crippen LogP contribution in [-0.2, 0) is 4.79 Å². The number of hydrogen-bond acceptors (Lipinski definition) is 5. The van der Waals surface area contributed by atoms with E-state index in [0.29, 0.717) is 0 Å². The zero-order valence-electron chi connectivity index (χ0n) is 12.6. The normalized spacial score (nSPS) is 31.7. The minimum Gasteiger partial charge on any atom is -0.454 e. The highest BCUT2D eigenvalue weighted by Crippen LogP contribution is 2.49. The predicted molar refractivity (Wildman–Crippen MR) is 86.9 cm³/mol. The number of hydrogen-bond donors (Lipinski definition) is 2. The molecule has 4 aliphatic rings. The third-order valence-corrected chi connectivity index (χ3v) is 6.45. The standard InChI is InChI=1S/C17H18N2O3S/c20-16-14-10-3-1-2-4-13(10)23-17(14)19-15(18-16)9-5-6-11-12(7-9)22-8-21-11/h5-7,14-15,17,19H,1-4,8H2,(H,18,20). The van der Waals surface area contributed by atoms with E-state index in [-0.39, 0.29) is 30.2 Å².